The summed E-state index contributed by atoms with van der Waals surface area (Å²) in [6.07, 6.45) is 0.00657. The molecule has 0 heterocycles. The standard InChI is InChI=1S/C10H10O7S/c1-2-5-6(9(11)12)3-4-7(18(15,16)17)8(5)10(13)14/h3-4H,2H2,1H3,(H,11,12)(H,13,14)(H,15,16,17). The van der Waals surface area contributed by atoms with Gasteiger partial charge in [0.25, 0.3) is 10.1 Å². The molecule has 0 amide bonds. The monoisotopic (exact) mass is 274 g/mol. The van der Waals surface area contributed by atoms with Gasteiger partial charge in [-0.3, -0.25) is 4.55 Å². The van der Waals surface area contributed by atoms with Gasteiger partial charge in [-0.15, -0.1) is 0 Å². The molecule has 0 saturated carbocycles. The fourth-order valence-electron chi connectivity index (χ4n) is 1.64. The summed E-state index contributed by atoms with van der Waals surface area (Å²) < 4.78 is 31.0. The van der Waals surface area contributed by atoms with Crippen LogP contribution in [0.1, 0.15) is 33.2 Å². The molecule has 1 aromatic rings. The Bertz CT molecular complexity index is 615. The van der Waals surface area contributed by atoms with Crippen molar-refractivity contribution in [3.63, 3.8) is 0 Å². The van der Waals surface area contributed by atoms with E-state index < -0.39 is 32.5 Å². The Morgan fingerprint density at radius 1 is 1.17 bits per heavy atom. The highest BCUT2D eigenvalue weighted by molar-refractivity contribution is 7.86. The quantitative estimate of drug-likeness (QED) is 0.695. The lowest BCUT2D eigenvalue weighted by Gasteiger charge is -2.11. The topological polar surface area (TPSA) is 129 Å². The first-order chi connectivity index (χ1) is 8.20. The molecule has 0 radical (unpaired) electrons. The van der Waals surface area contributed by atoms with Gasteiger partial charge in [0.1, 0.15) is 4.90 Å². The summed E-state index contributed by atoms with van der Waals surface area (Å²) in [5.74, 6) is -2.97. The molecule has 0 aliphatic rings. The van der Waals surface area contributed by atoms with Crippen LogP contribution in [0.4, 0.5) is 0 Å². The van der Waals surface area contributed by atoms with E-state index in [0.29, 0.717) is 0 Å². The maximum atomic E-state index is 11.1. The number of benzene rings is 1. The van der Waals surface area contributed by atoms with Crippen LogP contribution in [0.2, 0.25) is 0 Å². The summed E-state index contributed by atoms with van der Waals surface area (Å²) in [5, 5.41) is 17.9. The Kier molecular flexibility index (Phi) is 3.73. The van der Waals surface area contributed by atoms with Gasteiger partial charge in [-0.25, -0.2) is 9.59 Å². The lowest BCUT2D eigenvalue weighted by Crippen LogP contribution is -2.15. The summed E-state index contributed by atoms with van der Waals surface area (Å²) in [5.41, 5.74) is -1.16. The van der Waals surface area contributed by atoms with Crippen molar-refractivity contribution in [1.29, 1.82) is 0 Å². The number of carbonyl (C=O) groups is 2. The molecule has 1 aromatic carbocycles. The highest BCUT2D eigenvalue weighted by Crippen LogP contribution is 2.24. The Morgan fingerprint density at radius 2 is 1.72 bits per heavy atom. The van der Waals surface area contributed by atoms with Crippen molar-refractivity contribution in [2.45, 2.75) is 18.2 Å². The zero-order valence-electron chi connectivity index (χ0n) is 9.24. The molecular formula is C10H10O7S. The fraction of sp³-hybridized carbons (Fsp3) is 0.200. The van der Waals surface area contributed by atoms with E-state index in [4.69, 9.17) is 14.8 Å². The Hall–Kier alpha value is -1.93. The van der Waals surface area contributed by atoms with Gasteiger partial charge in [0.2, 0.25) is 0 Å². The van der Waals surface area contributed by atoms with E-state index in [1.54, 1.807) is 0 Å². The molecule has 0 aliphatic heterocycles. The predicted molar refractivity (Wildman–Crippen MR) is 59.6 cm³/mol. The van der Waals surface area contributed by atoms with Gasteiger partial charge >= 0.3 is 11.9 Å². The first kappa shape index (κ1) is 14.1. The number of hydrogen-bond donors (Lipinski definition) is 3. The van der Waals surface area contributed by atoms with Crippen LogP contribution in [0.5, 0.6) is 0 Å². The van der Waals surface area contributed by atoms with Gasteiger partial charge in [0.05, 0.1) is 11.1 Å². The average Bonchev–Trinajstić information content (AvgIpc) is 2.25. The van der Waals surface area contributed by atoms with E-state index in [9.17, 15) is 18.0 Å². The molecule has 0 spiro atoms. The van der Waals surface area contributed by atoms with Crippen LogP contribution in [0.25, 0.3) is 0 Å². The Morgan fingerprint density at radius 3 is 2.06 bits per heavy atom. The van der Waals surface area contributed by atoms with E-state index >= 15 is 0 Å². The van der Waals surface area contributed by atoms with Crippen LogP contribution in [-0.2, 0) is 16.5 Å². The molecule has 1 rings (SSSR count). The molecule has 0 bridgehead atoms. The number of rotatable bonds is 4. The van der Waals surface area contributed by atoms with E-state index in [-0.39, 0.29) is 17.5 Å². The third-order valence-corrected chi connectivity index (χ3v) is 3.25. The molecular weight excluding hydrogens is 264 g/mol. The molecule has 0 aromatic heterocycles. The van der Waals surface area contributed by atoms with Gasteiger partial charge < -0.3 is 10.2 Å². The largest absolute Gasteiger partial charge is 0.478 e. The highest BCUT2D eigenvalue weighted by atomic mass is 32.2. The predicted octanol–water partition coefficient (Wildman–Crippen LogP) is 0.892. The minimum absolute atomic E-state index is 0.00657. The van der Waals surface area contributed by atoms with Gasteiger partial charge in [0.15, 0.2) is 0 Å². The van der Waals surface area contributed by atoms with Crippen LogP contribution in [0, 0.1) is 0 Å². The molecule has 0 fully saturated rings. The molecule has 98 valence electrons. The normalized spacial score (nSPS) is 11.2. The number of hydrogen-bond acceptors (Lipinski definition) is 4. The zero-order valence-corrected chi connectivity index (χ0v) is 10.1. The maximum Gasteiger partial charge on any atom is 0.337 e. The van der Waals surface area contributed by atoms with Crippen LogP contribution in [-0.4, -0.2) is 35.1 Å². The maximum absolute atomic E-state index is 11.1. The van der Waals surface area contributed by atoms with Crippen LogP contribution < -0.4 is 0 Å². The molecule has 0 saturated heterocycles. The second kappa shape index (κ2) is 4.75. The first-order valence-corrected chi connectivity index (χ1v) is 6.24. The summed E-state index contributed by atoms with van der Waals surface area (Å²) in [6, 6.07) is 1.72. The third-order valence-electron chi connectivity index (χ3n) is 2.35. The van der Waals surface area contributed by atoms with Crippen molar-refractivity contribution in [2.24, 2.45) is 0 Å². The van der Waals surface area contributed by atoms with Crippen LogP contribution in [0.15, 0.2) is 17.0 Å². The number of aromatic carboxylic acids is 2. The average molecular weight is 274 g/mol. The lowest BCUT2D eigenvalue weighted by molar-refractivity contribution is 0.0690. The zero-order chi connectivity index (χ0) is 14.1. The second-order valence-electron chi connectivity index (χ2n) is 3.40. The van der Waals surface area contributed by atoms with E-state index in [2.05, 4.69) is 0 Å². The number of carboxylic acids is 2. The third kappa shape index (κ3) is 2.49. The molecule has 0 atom stereocenters. The van der Waals surface area contributed by atoms with E-state index in [0.717, 1.165) is 12.1 Å². The van der Waals surface area contributed by atoms with Crippen molar-refractivity contribution < 1.29 is 32.8 Å². The number of carboxylic acid groups (broad SMARTS) is 2. The molecule has 0 aliphatic carbocycles. The highest BCUT2D eigenvalue weighted by Gasteiger charge is 2.26. The van der Waals surface area contributed by atoms with E-state index in [1.165, 1.54) is 6.92 Å². The summed E-state index contributed by atoms with van der Waals surface area (Å²) in [7, 11) is -4.73. The Balaban J connectivity index is 3.81. The van der Waals surface area contributed by atoms with Gasteiger partial charge in [-0.2, -0.15) is 8.42 Å². The van der Waals surface area contributed by atoms with Crippen molar-refractivity contribution in [3.05, 3.63) is 28.8 Å². The lowest BCUT2D eigenvalue weighted by atomic mass is 9.99. The van der Waals surface area contributed by atoms with Crippen LogP contribution >= 0.6 is 0 Å². The molecule has 8 heteroatoms. The molecule has 0 unspecified atom stereocenters. The minimum Gasteiger partial charge on any atom is -0.478 e. The van der Waals surface area contributed by atoms with Crippen molar-refractivity contribution in [1.82, 2.24) is 0 Å². The Labute approximate surface area is 102 Å². The van der Waals surface area contributed by atoms with Gasteiger partial charge in [-0.1, -0.05) is 6.92 Å². The van der Waals surface area contributed by atoms with E-state index in [1.807, 2.05) is 0 Å². The van der Waals surface area contributed by atoms with Crippen molar-refractivity contribution >= 4 is 22.1 Å². The molecule has 7 nitrogen and oxygen atoms in total. The minimum atomic E-state index is -4.73. The first-order valence-electron chi connectivity index (χ1n) is 4.80. The fourth-order valence-corrected chi connectivity index (χ4v) is 2.35. The summed E-state index contributed by atoms with van der Waals surface area (Å²) in [4.78, 5) is 21.2. The SMILES string of the molecule is CCc1c(C(=O)O)ccc(S(=O)(=O)O)c1C(=O)O. The van der Waals surface area contributed by atoms with Gasteiger partial charge in [0, 0.05) is 0 Å². The smallest absolute Gasteiger partial charge is 0.337 e. The van der Waals surface area contributed by atoms with Crippen LogP contribution in [0.3, 0.4) is 0 Å². The van der Waals surface area contributed by atoms with Crippen molar-refractivity contribution in [2.75, 3.05) is 0 Å². The summed E-state index contributed by atoms with van der Waals surface area (Å²) in [6.45, 7) is 1.49. The summed E-state index contributed by atoms with van der Waals surface area (Å²) >= 11 is 0. The van der Waals surface area contributed by atoms with Gasteiger partial charge in [-0.05, 0) is 24.1 Å². The molecule has 18 heavy (non-hydrogen) atoms. The second-order valence-corrected chi connectivity index (χ2v) is 4.79. The van der Waals surface area contributed by atoms with Crippen molar-refractivity contribution in [3.8, 4) is 0 Å². The molecule has 3 N–H and O–H groups in total.